The maximum absolute atomic E-state index is 12.7. The van der Waals surface area contributed by atoms with Gasteiger partial charge in [-0.2, -0.15) is 4.31 Å². The summed E-state index contributed by atoms with van der Waals surface area (Å²) in [6, 6.07) is 7.26. The lowest BCUT2D eigenvalue weighted by Gasteiger charge is -2.21. The van der Waals surface area contributed by atoms with E-state index in [1.54, 1.807) is 29.6 Å². The molecule has 0 heterocycles. The van der Waals surface area contributed by atoms with Crippen LogP contribution < -0.4 is 5.32 Å². The molecule has 1 fully saturated rings. The first-order valence-electron chi connectivity index (χ1n) is 6.84. The van der Waals surface area contributed by atoms with Crippen LogP contribution in [0.3, 0.4) is 0 Å². The molecule has 2 rings (SSSR count). The van der Waals surface area contributed by atoms with E-state index in [1.807, 2.05) is 13.1 Å². The van der Waals surface area contributed by atoms with Gasteiger partial charge in [0.05, 0.1) is 11.5 Å². The average Bonchev–Trinajstić information content (AvgIpc) is 3.24. The normalized spacial score (nSPS) is 15.8. The Kier molecular flexibility index (Phi) is 5.15. The van der Waals surface area contributed by atoms with Crippen molar-refractivity contribution < 1.29 is 13.2 Å². The minimum atomic E-state index is -3.43. The van der Waals surface area contributed by atoms with Crippen LogP contribution in [0.2, 0.25) is 0 Å². The minimum absolute atomic E-state index is 0.142. The van der Waals surface area contributed by atoms with Crippen LogP contribution in [-0.2, 0) is 21.3 Å². The van der Waals surface area contributed by atoms with Gasteiger partial charge in [-0.25, -0.2) is 8.42 Å². The van der Waals surface area contributed by atoms with Crippen LogP contribution in [0.1, 0.15) is 18.4 Å². The van der Waals surface area contributed by atoms with E-state index in [-0.39, 0.29) is 6.04 Å². The van der Waals surface area contributed by atoms with Gasteiger partial charge in [0.1, 0.15) is 0 Å². The second kappa shape index (κ2) is 6.67. The Morgan fingerprint density at radius 2 is 2.15 bits per heavy atom. The first-order chi connectivity index (χ1) is 9.59. The molecule has 0 saturated heterocycles. The Hall–Kier alpha value is -0.950. The summed E-state index contributed by atoms with van der Waals surface area (Å²) in [5.74, 6) is 0. The zero-order valence-electron chi connectivity index (χ0n) is 12.0. The van der Waals surface area contributed by atoms with Gasteiger partial charge >= 0.3 is 0 Å². The molecule has 1 N–H and O–H groups in total. The molecule has 20 heavy (non-hydrogen) atoms. The predicted molar refractivity (Wildman–Crippen MR) is 78.0 cm³/mol. The van der Waals surface area contributed by atoms with Crippen LogP contribution in [0.5, 0.6) is 0 Å². The Balaban J connectivity index is 2.24. The maximum atomic E-state index is 12.7. The van der Waals surface area contributed by atoms with Crippen molar-refractivity contribution in [2.24, 2.45) is 0 Å². The number of sulfonamides is 1. The third kappa shape index (κ3) is 3.58. The third-order valence-corrected chi connectivity index (χ3v) is 5.30. The molecule has 0 aromatic heterocycles. The van der Waals surface area contributed by atoms with Gasteiger partial charge in [-0.1, -0.05) is 12.1 Å². The summed E-state index contributed by atoms with van der Waals surface area (Å²) in [4.78, 5) is 0.369. The highest BCUT2D eigenvalue weighted by molar-refractivity contribution is 7.89. The monoisotopic (exact) mass is 298 g/mol. The van der Waals surface area contributed by atoms with E-state index in [1.165, 1.54) is 0 Å². The van der Waals surface area contributed by atoms with E-state index in [2.05, 4.69) is 5.32 Å². The number of hydrogen-bond donors (Lipinski definition) is 1. The number of ether oxygens (including phenoxy) is 1. The van der Waals surface area contributed by atoms with Gasteiger partial charge in [-0.05, 0) is 37.6 Å². The number of methoxy groups -OCH3 is 1. The summed E-state index contributed by atoms with van der Waals surface area (Å²) < 4.78 is 32.1. The predicted octanol–water partition coefficient (Wildman–Crippen LogP) is 1.21. The smallest absolute Gasteiger partial charge is 0.243 e. The molecular formula is C14H22N2O3S. The van der Waals surface area contributed by atoms with Gasteiger partial charge in [0.15, 0.2) is 0 Å². The number of hydrogen-bond acceptors (Lipinski definition) is 4. The molecule has 0 amide bonds. The number of benzene rings is 1. The third-order valence-electron chi connectivity index (χ3n) is 3.36. The SMILES string of the molecule is CNCc1cccc(S(=O)(=O)N(CCOC)C2CC2)c1. The van der Waals surface area contributed by atoms with Gasteiger partial charge in [0.25, 0.3) is 0 Å². The van der Waals surface area contributed by atoms with Crippen LogP contribution in [-0.4, -0.2) is 46.1 Å². The highest BCUT2D eigenvalue weighted by atomic mass is 32.2. The van der Waals surface area contributed by atoms with E-state index in [0.29, 0.717) is 24.6 Å². The summed E-state index contributed by atoms with van der Waals surface area (Å²) in [7, 11) is 0.00672. The molecule has 0 radical (unpaired) electrons. The van der Waals surface area contributed by atoms with Gasteiger partial charge in [0.2, 0.25) is 10.0 Å². The van der Waals surface area contributed by atoms with Crippen LogP contribution in [0, 0.1) is 0 Å². The Bertz CT molecular complexity index is 541. The first kappa shape index (κ1) is 15.4. The van der Waals surface area contributed by atoms with Crippen molar-refractivity contribution in [3.63, 3.8) is 0 Å². The van der Waals surface area contributed by atoms with Gasteiger partial charge < -0.3 is 10.1 Å². The van der Waals surface area contributed by atoms with Crippen molar-refractivity contribution in [1.82, 2.24) is 9.62 Å². The summed E-state index contributed by atoms with van der Waals surface area (Å²) in [5, 5.41) is 3.03. The largest absolute Gasteiger partial charge is 0.383 e. The molecule has 5 nitrogen and oxygen atoms in total. The molecule has 0 unspecified atom stereocenters. The summed E-state index contributed by atoms with van der Waals surface area (Å²) >= 11 is 0. The van der Waals surface area contributed by atoms with Gasteiger partial charge in [-0.3, -0.25) is 0 Å². The topological polar surface area (TPSA) is 58.6 Å². The summed E-state index contributed by atoms with van der Waals surface area (Å²) in [6.45, 7) is 1.50. The number of rotatable bonds is 8. The summed E-state index contributed by atoms with van der Waals surface area (Å²) in [5.41, 5.74) is 0.969. The molecular weight excluding hydrogens is 276 g/mol. The second-order valence-corrected chi connectivity index (χ2v) is 6.91. The number of nitrogens with zero attached hydrogens (tertiary/aromatic N) is 1. The lowest BCUT2D eigenvalue weighted by Crippen LogP contribution is -2.35. The molecule has 6 heteroatoms. The van der Waals surface area contributed by atoms with Crippen LogP contribution >= 0.6 is 0 Å². The van der Waals surface area contributed by atoms with Crippen LogP contribution in [0.25, 0.3) is 0 Å². The zero-order valence-corrected chi connectivity index (χ0v) is 12.8. The Morgan fingerprint density at radius 1 is 1.40 bits per heavy atom. The molecule has 1 aromatic carbocycles. The molecule has 0 spiro atoms. The molecule has 1 saturated carbocycles. The Labute approximate surface area is 121 Å². The lowest BCUT2D eigenvalue weighted by molar-refractivity contribution is 0.177. The van der Waals surface area contributed by atoms with Gasteiger partial charge in [-0.15, -0.1) is 0 Å². The lowest BCUT2D eigenvalue weighted by atomic mass is 10.2. The summed E-state index contributed by atoms with van der Waals surface area (Å²) in [6.07, 6.45) is 1.89. The fourth-order valence-corrected chi connectivity index (χ4v) is 3.94. The first-order valence-corrected chi connectivity index (χ1v) is 8.28. The molecule has 0 atom stereocenters. The maximum Gasteiger partial charge on any atom is 0.243 e. The molecule has 1 aliphatic carbocycles. The number of nitrogens with one attached hydrogen (secondary N) is 1. The van der Waals surface area contributed by atoms with Crippen molar-refractivity contribution in [2.75, 3.05) is 27.3 Å². The highest BCUT2D eigenvalue weighted by Crippen LogP contribution is 2.31. The average molecular weight is 298 g/mol. The minimum Gasteiger partial charge on any atom is -0.383 e. The van der Waals surface area contributed by atoms with Crippen molar-refractivity contribution in [2.45, 2.75) is 30.3 Å². The van der Waals surface area contributed by atoms with Crippen molar-refractivity contribution >= 4 is 10.0 Å². The quantitative estimate of drug-likeness (QED) is 0.783. The molecule has 0 bridgehead atoms. The molecule has 1 aliphatic rings. The Morgan fingerprint density at radius 3 is 2.75 bits per heavy atom. The van der Waals surface area contributed by atoms with Crippen molar-refractivity contribution in [3.8, 4) is 0 Å². The van der Waals surface area contributed by atoms with Crippen molar-refractivity contribution in [3.05, 3.63) is 29.8 Å². The van der Waals surface area contributed by atoms with E-state index in [4.69, 9.17) is 4.74 Å². The molecule has 1 aromatic rings. The standard InChI is InChI=1S/C14H22N2O3S/c1-15-11-12-4-3-5-14(10-12)20(17,18)16(8-9-19-2)13-6-7-13/h3-5,10,13,15H,6-9,11H2,1-2H3. The molecule has 0 aliphatic heterocycles. The molecule has 112 valence electrons. The fourth-order valence-electron chi connectivity index (χ4n) is 2.20. The zero-order chi connectivity index (χ0) is 14.6. The fraction of sp³-hybridized carbons (Fsp3) is 0.571. The van der Waals surface area contributed by atoms with E-state index in [0.717, 1.165) is 18.4 Å². The second-order valence-electron chi connectivity index (χ2n) is 5.02. The van der Waals surface area contributed by atoms with E-state index >= 15 is 0 Å². The van der Waals surface area contributed by atoms with Crippen LogP contribution in [0.15, 0.2) is 29.2 Å². The van der Waals surface area contributed by atoms with E-state index < -0.39 is 10.0 Å². The van der Waals surface area contributed by atoms with Crippen molar-refractivity contribution in [1.29, 1.82) is 0 Å². The highest BCUT2D eigenvalue weighted by Gasteiger charge is 2.37. The van der Waals surface area contributed by atoms with E-state index in [9.17, 15) is 8.42 Å². The van der Waals surface area contributed by atoms with Crippen LogP contribution in [0.4, 0.5) is 0 Å². The van der Waals surface area contributed by atoms with Gasteiger partial charge in [0, 0.05) is 26.2 Å².